The molecule has 0 amide bonds. The zero-order chi connectivity index (χ0) is 26.5. The molecule has 3 saturated carbocycles. The monoisotopic (exact) mass is 502 g/mol. The van der Waals surface area contributed by atoms with Gasteiger partial charge in [-0.05, 0) is 37.2 Å². The van der Waals surface area contributed by atoms with Crippen LogP contribution in [0.2, 0.25) is 0 Å². The van der Waals surface area contributed by atoms with Gasteiger partial charge in [-0.15, -0.1) is 0 Å². The maximum atomic E-state index is 13.1. The van der Waals surface area contributed by atoms with Crippen LogP contribution in [0, 0.1) is 33.5 Å². The van der Waals surface area contributed by atoms with Crippen LogP contribution in [-0.2, 0) is 23.9 Å². The van der Waals surface area contributed by atoms with Crippen LogP contribution < -0.4 is 0 Å². The van der Waals surface area contributed by atoms with Crippen molar-refractivity contribution in [2.24, 2.45) is 33.5 Å². The Morgan fingerprint density at radius 2 is 1.83 bits per heavy atom. The lowest BCUT2D eigenvalue weighted by Gasteiger charge is -2.73. The first-order valence-corrected chi connectivity index (χ1v) is 13.0. The molecule has 0 radical (unpaired) electrons. The van der Waals surface area contributed by atoms with E-state index in [4.69, 9.17) is 13.9 Å². The van der Waals surface area contributed by atoms with Gasteiger partial charge in [-0.1, -0.05) is 34.6 Å². The lowest BCUT2D eigenvalue weighted by atomic mass is 9.33. The molecule has 0 spiro atoms. The lowest BCUT2D eigenvalue weighted by molar-refractivity contribution is -0.337. The summed E-state index contributed by atoms with van der Waals surface area (Å²) in [7, 11) is 0. The van der Waals surface area contributed by atoms with Crippen molar-refractivity contribution in [1.29, 1.82) is 0 Å². The molecule has 3 aliphatic carbocycles. The summed E-state index contributed by atoms with van der Waals surface area (Å²) in [6.07, 6.45) is 1.87. The molecule has 1 aromatic heterocycles. The largest absolute Gasteiger partial charge is 0.472 e. The van der Waals surface area contributed by atoms with Gasteiger partial charge in [0.05, 0.1) is 30.7 Å². The van der Waals surface area contributed by atoms with Gasteiger partial charge in [0.25, 0.3) is 0 Å². The van der Waals surface area contributed by atoms with E-state index in [1.165, 1.54) is 19.5 Å². The highest BCUT2D eigenvalue weighted by Crippen LogP contribution is 2.74. The van der Waals surface area contributed by atoms with Gasteiger partial charge in [-0.25, -0.2) is 0 Å². The van der Waals surface area contributed by atoms with Crippen molar-refractivity contribution < 1.29 is 38.5 Å². The van der Waals surface area contributed by atoms with Crippen LogP contribution in [0.3, 0.4) is 0 Å². The Morgan fingerprint density at radius 1 is 1.14 bits per heavy atom. The van der Waals surface area contributed by atoms with Crippen molar-refractivity contribution in [2.45, 2.75) is 97.6 Å². The van der Waals surface area contributed by atoms with Crippen LogP contribution in [-0.4, -0.2) is 45.7 Å². The molecule has 1 aromatic rings. The first-order chi connectivity index (χ1) is 16.6. The minimum absolute atomic E-state index is 0.0109. The Balaban J connectivity index is 1.72. The summed E-state index contributed by atoms with van der Waals surface area (Å²) in [6.45, 7) is 11.0. The standard InChI is InChI=1S/C28H38O8/c1-15(29)35-21-11-18-24(2,3)19(30)12-20(31)26(18,5)17-7-9-25(4)23(16-8-10-34-14-16)36-22(32)13-28(25,33)27(17,21)6/h8,10,14,17-18,20-21,23,31,33H,7,9,11-13H2,1-6H3/t17?,18?,20?,21-,23+,25+,26-,27+,28?/m1/s1. The number of aliphatic hydroxyl groups is 2. The van der Waals surface area contributed by atoms with E-state index >= 15 is 0 Å². The molecule has 4 unspecified atom stereocenters. The van der Waals surface area contributed by atoms with E-state index < -0.39 is 57.5 Å². The number of carbonyl (C=O) groups excluding carboxylic acids is 3. The second-order valence-electron chi connectivity index (χ2n) is 12.9. The SMILES string of the molecule is CC(=O)O[C@@H]1CC2C(C)(C)C(=O)CC(O)[C@]2(C)C2CC[C@@]3(C)[C@H](c4ccoc4)OC(=O)CC3(O)[C@@]21C. The molecule has 5 rings (SSSR count). The third-order valence-corrected chi connectivity index (χ3v) is 11.2. The Kier molecular flexibility index (Phi) is 5.42. The number of cyclic esters (lactones) is 1. The number of Topliss-reactive ketones (excluding diaryl/α,β-unsaturated/α-hetero) is 1. The van der Waals surface area contributed by atoms with E-state index in [2.05, 4.69) is 0 Å². The molecule has 2 N–H and O–H groups in total. The zero-order valence-corrected chi connectivity index (χ0v) is 22.0. The molecule has 198 valence electrons. The smallest absolute Gasteiger partial charge is 0.309 e. The average Bonchev–Trinajstić information content (AvgIpc) is 3.30. The number of ketones is 1. The van der Waals surface area contributed by atoms with E-state index in [-0.39, 0.29) is 30.5 Å². The van der Waals surface area contributed by atoms with Gasteiger partial charge in [0, 0.05) is 40.6 Å². The Labute approximate surface area is 211 Å². The molecular formula is C28H38O8. The molecule has 1 aliphatic heterocycles. The van der Waals surface area contributed by atoms with Crippen LogP contribution in [0.1, 0.15) is 85.3 Å². The van der Waals surface area contributed by atoms with Crippen LogP contribution in [0.25, 0.3) is 0 Å². The van der Waals surface area contributed by atoms with Crippen molar-refractivity contribution in [2.75, 3.05) is 0 Å². The number of hydrogen-bond acceptors (Lipinski definition) is 8. The quantitative estimate of drug-likeness (QED) is 0.587. The zero-order valence-electron chi connectivity index (χ0n) is 22.0. The summed E-state index contributed by atoms with van der Waals surface area (Å²) in [5, 5.41) is 24.3. The predicted octanol–water partition coefficient (Wildman–Crippen LogP) is 3.74. The average molecular weight is 503 g/mol. The number of aliphatic hydroxyl groups excluding tert-OH is 1. The maximum Gasteiger partial charge on any atom is 0.309 e. The summed E-state index contributed by atoms with van der Waals surface area (Å²) in [6, 6.07) is 1.74. The van der Waals surface area contributed by atoms with Crippen LogP contribution in [0.4, 0.5) is 0 Å². The topological polar surface area (TPSA) is 123 Å². The second kappa shape index (κ2) is 7.67. The number of hydrogen-bond donors (Lipinski definition) is 2. The molecular weight excluding hydrogens is 464 g/mol. The summed E-state index contributed by atoms with van der Waals surface area (Å²) in [5.41, 5.74) is -4.40. The first kappa shape index (κ1) is 25.5. The number of ether oxygens (including phenoxy) is 2. The molecule has 1 saturated heterocycles. The molecule has 0 aromatic carbocycles. The van der Waals surface area contributed by atoms with Gasteiger partial charge < -0.3 is 24.1 Å². The highest BCUT2D eigenvalue weighted by molar-refractivity contribution is 5.86. The van der Waals surface area contributed by atoms with Gasteiger partial charge in [0.15, 0.2) is 0 Å². The second-order valence-corrected chi connectivity index (χ2v) is 12.9. The van der Waals surface area contributed by atoms with Gasteiger partial charge in [0.1, 0.15) is 18.0 Å². The van der Waals surface area contributed by atoms with E-state index in [0.717, 1.165) is 0 Å². The Bertz CT molecular complexity index is 1090. The Morgan fingerprint density at radius 3 is 2.44 bits per heavy atom. The van der Waals surface area contributed by atoms with Gasteiger partial charge in [-0.2, -0.15) is 0 Å². The molecule has 2 heterocycles. The third-order valence-electron chi connectivity index (χ3n) is 11.2. The van der Waals surface area contributed by atoms with Crippen molar-refractivity contribution in [3.05, 3.63) is 24.2 Å². The summed E-state index contributed by atoms with van der Waals surface area (Å²) >= 11 is 0. The fraction of sp³-hybridized carbons (Fsp3) is 0.750. The van der Waals surface area contributed by atoms with Crippen molar-refractivity contribution >= 4 is 17.7 Å². The van der Waals surface area contributed by atoms with E-state index in [1.807, 2.05) is 34.6 Å². The minimum Gasteiger partial charge on any atom is -0.472 e. The van der Waals surface area contributed by atoms with Crippen LogP contribution in [0.15, 0.2) is 23.0 Å². The summed E-state index contributed by atoms with van der Waals surface area (Å²) in [4.78, 5) is 38.5. The van der Waals surface area contributed by atoms with Crippen LogP contribution in [0.5, 0.6) is 0 Å². The molecule has 8 heteroatoms. The normalized spacial score (nSPS) is 47.7. The number of rotatable bonds is 2. The summed E-state index contributed by atoms with van der Waals surface area (Å²) in [5.74, 6) is -1.61. The summed E-state index contributed by atoms with van der Waals surface area (Å²) < 4.78 is 17.1. The molecule has 4 fully saturated rings. The van der Waals surface area contributed by atoms with Crippen molar-refractivity contribution in [3.63, 3.8) is 0 Å². The van der Waals surface area contributed by atoms with E-state index in [0.29, 0.717) is 24.8 Å². The maximum absolute atomic E-state index is 13.1. The first-order valence-electron chi connectivity index (χ1n) is 13.0. The van der Waals surface area contributed by atoms with Gasteiger partial charge in [-0.3, -0.25) is 14.4 Å². The number of furan rings is 1. The third kappa shape index (κ3) is 2.91. The van der Waals surface area contributed by atoms with Crippen LogP contribution >= 0.6 is 0 Å². The van der Waals surface area contributed by atoms with Crippen molar-refractivity contribution in [1.82, 2.24) is 0 Å². The van der Waals surface area contributed by atoms with Gasteiger partial charge in [0.2, 0.25) is 0 Å². The number of esters is 2. The minimum atomic E-state index is -1.61. The van der Waals surface area contributed by atoms with E-state index in [9.17, 15) is 24.6 Å². The predicted molar refractivity (Wildman–Crippen MR) is 127 cm³/mol. The lowest BCUT2D eigenvalue weighted by Crippen LogP contribution is -2.78. The molecule has 8 nitrogen and oxygen atoms in total. The molecule has 9 atom stereocenters. The number of carbonyl (C=O) groups is 3. The van der Waals surface area contributed by atoms with Gasteiger partial charge >= 0.3 is 11.9 Å². The number of fused-ring (bicyclic) bond motifs is 5. The fourth-order valence-electron chi connectivity index (χ4n) is 9.13. The molecule has 4 aliphatic rings. The van der Waals surface area contributed by atoms with E-state index in [1.54, 1.807) is 6.07 Å². The molecule has 0 bridgehead atoms. The molecule has 36 heavy (non-hydrogen) atoms. The highest BCUT2D eigenvalue weighted by atomic mass is 16.6. The van der Waals surface area contributed by atoms with Crippen molar-refractivity contribution in [3.8, 4) is 0 Å². The highest BCUT2D eigenvalue weighted by Gasteiger charge is 2.78. The fourth-order valence-corrected chi connectivity index (χ4v) is 9.13. The Hall–Kier alpha value is -2.19.